The first-order valence-electron chi connectivity index (χ1n) is 10.1. The van der Waals surface area contributed by atoms with E-state index in [1.165, 1.54) is 18.2 Å². The molecule has 0 spiro atoms. The van der Waals surface area contributed by atoms with Crippen molar-refractivity contribution in [2.45, 2.75) is 26.3 Å². The van der Waals surface area contributed by atoms with Crippen LogP contribution in [0.3, 0.4) is 0 Å². The Bertz CT molecular complexity index is 1270. The molecule has 1 N–H and O–H groups in total. The van der Waals surface area contributed by atoms with Crippen molar-refractivity contribution >= 4 is 23.3 Å². The summed E-state index contributed by atoms with van der Waals surface area (Å²) in [5.74, 6) is -2.74. The molecule has 1 aromatic heterocycles. The monoisotopic (exact) mass is 469 g/mol. The van der Waals surface area contributed by atoms with Gasteiger partial charge in [0.05, 0.1) is 17.3 Å². The summed E-state index contributed by atoms with van der Waals surface area (Å²) in [6.07, 6.45) is -4.88. The maximum atomic E-state index is 13.0. The molecule has 4 rings (SSSR count). The van der Waals surface area contributed by atoms with Crippen molar-refractivity contribution in [2.24, 2.45) is 0 Å². The smallest absolute Gasteiger partial charge is 0.507 e. The molecule has 1 fully saturated rings. The van der Waals surface area contributed by atoms with E-state index >= 15 is 0 Å². The average molecular weight is 469 g/mol. The number of nitrogens with zero attached hydrogens (tertiary/aromatic N) is 3. The molecule has 1 saturated heterocycles. The number of benzene rings is 2. The molecular weight excluding hydrogens is 451 g/mol. The number of aliphatic hydroxyl groups excluding tert-OH is 1. The summed E-state index contributed by atoms with van der Waals surface area (Å²) in [7, 11) is 0. The Morgan fingerprint density at radius 1 is 0.941 bits per heavy atom. The quantitative estimate of drug-likeness (QED) is 0.341. The van der Waals surface area contributed by atoms with Crippen LogP contribution in [0.1, 0.15) is 28.4 Å². The predicted octanol–water partition coefficient (Wildman–Crippen LogP) is 4.62. The summed E-state index contributed by atoms with van der Waals surface area (Å²) in [5.41, 5.74) is 1.85. The summed E-state index contributed by atoms with van der Waals surface area (Å²) >= 11 is 0. The number of amides is 1. The average Bonchev–Trinajstić information content (AvgIpc) is 3.04. The highest BCUT2D eigenvalue weighted by Crippen LogP contribution is 2.42. The molecule has 0 aliphatic carbocycles. The molecule has 1 aliphatic heterocycles. The molecular formula is C24H18F3N3O4. The van der Waals surface area contributed by atoms with Crippen molar-refractivity contribution in [3.8, 4) is 5.75 Å². The van der Waals surface area contributed by atoms with Gasteiger partial charge in [-0.2, -0.15) is 5.10 Å². The van der Waals surface area contributed by atoms with Crippen LogP contribution in [0.25, 0.3) is 5.76 Å². The number of aromatic nitrogens is 2. The van der Waals surface area contributed by atoms with Crippen LogP contribution in [-0.4, -0.2) is 33.4 Å². The zero-order valence-electron chi connectivity index (χ0n) is 18.0. The van der Waals surface area contributed by atoms with Crippen LogP contribution in [0.4, 0.5) is 19.0 Å². The van der Waals surface area contributed by atoms with Gasteiger partial charge in [0.1, 0.15) is 11.5 Å². The lowest BCUT2D eigenvalue weighted by Gasteiger charge is -2.24. The van der Waals surface area contributed by atoms with Gasteiger partial charge in [0.2, 0.25) is 0 Å². The van der Waals surface area contributed by atoms with Gasteiger partial charge in [-0.3, -0.25) is 14.5 Å². The first-order valence-corrected chi connectivity index (χ1v) is 10.1. The second-order valence-electron chi connectivity index (χ2n) is 7.68. The number of hydrogen-bond acceptors (Lipinski definition) is 6. The summed E-state index contributed by atoms with van der Waals surface area (Å²) < 4.78 is 41.6. The Kier molecular flexibility index (Phi) is 5.82. The number of Topliss-reactive ketones (excluding diaryl/α,β-unsaturated/α-hetero) is 1. The SMILES string of the molecule is Cc1ccc(/C(O)=C2/C(=O)C(=O)N(c3ccc(C)nn3)C2c2ccc(OC(F)(F)F)cc2)cc1. The molecule has 1 unspecified atom stereocenters. The van der Waals surface area contributed by atoms with Gasteiger partial charge in [-0.25, -0.2) is 0 Å². The van der Waals surface area contributed by atoms with E-state index in [4.69, 9.17) is 0 Å². The van der Waals surface area contributed by atoms with E-state index in [2.05, 4.69) is 14.9 Å². The predicted molar refractivity (Wildman–Crippen MR) is 116 cm³/mol. The fraction of sp³-hybridized carbons (Fsp3) is 0.167. The number of alkyl halides is 3. The Balaban J connectivity index is 1.87. The third-order valence-corrected chi connectivity index (χ3v) is 5.23. The zero-order valence-corrected chi connectivity index (χ0v) is 18.0. The number of ether oxygens (including phenoxy) is 1. The van der Waals surface area contributed by atoms with E-state index in [1.807, 2.05) is 6.92 Å². The summed E-state index contributed by atoms with van der Waals surface area (Å²) in [6, 6.07) is 13.3. The zero-order chi connectivity index (χ0) is 24.6. The minimum Gasteiger partial charge on any atom is -0.507 e. The second-order valence-corrected chi connectivity index (χ2v) is 7.68. The molecule has 3 aromatic rings. The lowest BCUT2D eigenvalue weighted by molar-refractivity contribution is -0.274. The Labute approximate surface area is 192 Å². The molecule has 7 nitrogen and oxygen atoms in total. The number of carbonyl (C=O) groups excluding carboxylic acids is 2. The normalized spacial score (nSPS) is 17.8. The highest BCUT2D eigenvalue weighted by Gasteiger charge is 2.47. The van der Waals surface area contributed by atoms with Crippen LogP contribution in [0.2, 0.25) is 0 Å². The number of carbonyl (C=O) groups is 2. The minimum absolute atomic E-state index is 0.0521. The van der Waals surface area contributed by atoms with Crippen molar-refractivity contribution in [3.63, 3.8) is 0 Å². The lowest BCUT2D eigenvalue weighted by Crippen LogP contribution is -2.30. The molecule has 1 aliphatic rings. The first-order chi connectivity index (χ1) is 16.0. The van der Waals surface area contributed by atoms with Gasteiger partial charge in [-0.1, -0.05) is 42.0 Å². The summed E-state index contributed by atoms with van der Waals surface area (Å²) in [5, 5.41) is 18.9. The van der Waals surface area contributed by atoms with Crippen LogP contribution in [-0.2, 0) is 9.59 Å². The van der Waals surface area contributed by atoms with E-state index in [-0.39, 0.29) is 17.0 Å². The number of ketones is 1. The van der Waals surface area contributed by atoms with Gasteiger partial charge in [-0.05, 0) is 43.7 Å². The highest BCUT2D eigenvalue weighted by molar-refractivity contribution is 6.51. The van der Waals surface area contributed by atoms with E-state index in [1.54, 1.807) is 37.3 Å². The Hall–Kier alpha value is -4.21. The lowest BCUT2D eigenvalue weighted by atomic mass is 9.95. The highest BCUT2D eigenvalue weighted by atomic mass is 19.4. The molecule has 2 heterocycles. The van der Waals surface area contributed by atoms with Gasteiger partial charge in [0, 0.05) is 5.56 Å². The first kappa shape index (κ1) is 23.0. The molecule has 0 saturated carbocycles. The second kappa shape index (κ2) is 8.62. The maximum absolute atomic E-state index is 13.0. The number of anilines is 1. The van der Waals surface area contributed by atoms with Crippen LogP contribution in [0, 0.1) is 13.8 Å². The van der Waals surface area contributed by atoms with Crippen molar-refractivity contribution in [2.75, 3.05) is 4.90 Å². The number of halogens is 3. The summed E-state index contributed by atoms with van der Waals surface area (Å²) in [6.45, 7) is 3.54. The minimum atomic E-state index is -4.88. The number of rotatable bonds is 4. The summed E-state index contributed by atoms with van der Waals surface area (Å²) in [4.78, 5) is 27.1. The molecule has 0 radical (unpaired) electrons. The molecule has 1 atom stereocenters. The fourth-order valence-corrected chi connectivity index (χ4v) is 3.62. The van der Waals surface area contributed by atoms with E-state index < -0.39 is 35.6 Å². The van der Waals surface area contributed by atoms with Crippen molar-refractivity contribution in [1.82, 2.24) is 10.2 Å². The molecule has 174 valence electrons. The largest absolute Gasteiger partial charge is 0.573 e. The third kappa shape index (κ3) is 4.47. The van der Waals surface area contributed by atoms with Crippen molar-refractivity contribution < 1.29 is 32.6 Å². The number of aryl methyl sites for hydroxylation is 2. The third-order valence-electron chi connectivity index (χ3n) is 5.23. The van der Waals surface area contributed by atoms with Gasteiger partial charge >= 0.3 is 12.3 Å². The van der Waals surface area contributed by atoms with Crippen LogP contribution < -0.4 is 9.64 Å². The Morgan fingerprint density at radius 3 is 2.15 bits per heavy atom. The maximum Gasteiger partial charge on any atom is 0.573 e. The van der Waals surface area contributed by atoms with Crippen molar-refractivity contribution in [3.05, 3.63) is 88.6 Å². The molecule has 10 heteroatoms. The van der Waals surface area contributed by atoms with Crippen LogP contribution in [0.15, 0.2) is 66.2 Å². The van der Waals surface area contributed by atoms with Crippen molar-refractivity contribution in [1.29, 1.82) is 0 Å². The molecule has 1 amide bonds. The molecule has 2 aromatic carbocycles. The topological polar surface area (TPSA) is 92.6 Å². The number of aliphatic hydroxyl groups is 1. The van der Waals surface area contributed by atoms with Crippen LogP contribution >= 0.6 is 0 Å². The molecule has 0 bridgehead atoms. The Morgan fingerprint density at radius 2 is 1.59 bits per heavy atom. The number of hydrogen-bond donors (Lipinski definition) is 1. The van der Waals surface area contributed by atoms with E-state index in [0.717, 1.165) is 22.6 Å². The van der Waals surface area contributed by atoms with Gasteiger partial charge in [0.25, 0.3) is 5.78 Å². The molecule has 34 heavy (non-hydrogen) atoms. The van der Waals surface area contributed by atoms with Crippen LogP contribution in [0.5, 0.6) is 5.75 Å². The van der Waals surface area contributed by atoms with Gasteiger partial charge < -0.3 is 9.84 Å². The van der Waals surface area contributed by atoms with E-state index in [9.17, 15) is 27.9 Å². The van der Waals surface area contributed by atoms with Gasteiger partial charge in [0.15, 0.2) is 5.82 Å². The van der Waals surface area contributed by atoms with E-state index in [0.29, 0.717) is 11.3 Å². The standard InChI is InChI=1S/C24H18F3N3O4/c1-13-3-6-16(7-4-13)21(31)19-20(15-8-10-17(11-9-15)34-24(25,26)27)30(23(33)22(19)32)18-12-5-14(2)28-29-18/h3-12,20,31H,1-2H3/b21-19-. The fourth-order valence-electron chi connectivity index (χ4n) is 3.62. The van der Waals surface area contributed by atoms with Gasteiger partial charge in [-0.15, -0.1) is 18.3 Å².